The molecule has 1 aliphatic heterocycles. The standard InChI is InChI=1S/C16H23NO3/c1-11-8-12(2)13(15(9-11)20-3)10-17-7-5-4-6-14(17)16(18)19/h8-9,14H,4-7,10H2,1-3H3,(H,18,19). The van der Waals surface area contributed by atoms with Gasteiger partial charge in [-0.05, 0) is 50.4 Å². The van der Waals surface area contributed by atoms with Gasteiger partial charge >= 0.3 is 5.97 Å². The van der Waals surface area contributed by atoms with Gasteiger partial charge in [0.2, 0.25) is 0 Å². The molecule has 0 spiro atoms. The van der Waals surface area contributed by atoms with Gasteiger partial charge < -0.3 is 9.84 Å². The molecule has 1 aromatic carbocycles. The Bertz CT molecular complexity index is 499. The predicted molar refractivity (Wildman–Crippen MR) is 78.2 cm³/mol. The Hall–Kier alpha value is -1.55. The van der Waals surface area contributed by atoms with E-state index in [4.69, 9.17) is 4.74 Å². The zero-order valence-corrected chi connectivity index (χ0v) is 12.5. The number of rotatable bonds is 4. The lowest BCUT2D eigenvalue weighted by molar-refractivity contribution is -0.144. The minimum atomic E-state index is -0.714. The highest BCUT2D eigenvalue weighted by atomic mass is 16.5. The molecular formula is C16H23NO3. The lowest BCUT2D eigenvalue weighted by Gasteiger charge is -2.33. The minimum Gasteiger partial charge on any atom is -0.496 e. The SMILES string of the molecule is COc1cc(C)cc(C)c1CN1CCCCC1C(=O)O. The lowest BCUT2D eigenvalue weighted by atomic mass is 9.98. The van der Waals surface area contributed by atoms with E-state index in [9.17, 15) is 9.90 Å². The van der Waals surface area contributed by atoms with Crippen molar-refractivity contribution < 1.29 is 14.6 Å². The van der Waals surface area contributed by atoms with E-state index in [1.54, 1.807) is 7.11 Å². The number of likely N-dealkylation sites (tertiary alicyclic amines) is 1. The van der Waals surface area contributed by atoms with Crippen molar-refractivity contribution in [3.05, 3.63) is 28.8 Å². The molecule has 1 N–H and O–H groups in total. The van der Waals surface area contributed by atoms with Gasteiger partial charge in [-0.2, -0.15) is 0 Å². The van der Waals surface area contributed by atoms with Crippen LogP contribution in [0.2, 0.25) is 0 Å². The number of hydrogen-bond acceptors (Lipinski definition) is 3. The molecular weight excluding hydrogens is 254 g/mol. The van der Waals surface area contributed by atoms with Crippen LogP contribution in [-0.4, -0.2) is 35.7 Å². The van der Waals surface area contributed by atoms with E-state index in [1.807, 2.05) is 13.0 Å². The van der Waals surface area contributed by atoms with E-state index in [0.29, 0.717) is 6.54 Å². The molecule has 0 aliphatic carbocycles. The molecule has 110 valence electrons. The van der Waals surface area contributed by atoms with Crippen LogP contribution in [-0.2, 0) is 11.3 Å². The Morgan fingerprint density at radius 2 is 2.15 bits per heavy atom. The smallest absolute Gasteiger partial charge is 0.320 e. The molecule has 0 amide bonds. The summed E-state index contributed by atoms with van der Waals surface area (Å²) >= 11 is 0. The summed E-state index contributed by atoms with van der Waals surface area (Å²) in [5, 5.41) is 9.35. The van der Waals surface area contributed by atoms with Gasteiger partial charge in [-0.3, -0.25) is 9.69 Å². The second kappa shape index (κ2) is 6.27. The maximum absolute atomic E-state index is 11.4. The van der Waals surface area contributed by atoms with E-state index >= 15 is 0 Å². The number of nitrogens with zero attached hydrogens (tertiary/aromatic N) is 1. The van der Waals surface area contributed by atoms with E-state index in [0.717, 1.165) is 48.2 Å². The Balaban J connectivity index is 2.26. The number of methoxy groups -OCH3 is 1. The summed E-state index contributed by atoms with van der Waals surface area (Å²) in [6.45, 7) is 5.59. The number of piperidine rings is 1. The molecule has 0 bridgehead atoms. The second-order valence-electron chi connectivity index (χ2n) is 5.58. The molecule has 1 atom stereocenters. The molecule has 1 unspecified atom stereocenters. The van der Waals surface area contributed by atoms with Gasteiger partial charge in [0.15, 0.2) is 0 Å². The van der Waals surface area contributed by atoms with Crippen LogP contribution in [0.1, 0.15) is 36.0 Å². The fourth-order valence-electron chi connectivity index (χ4n) is 3.01. The maximum Gasteiger partial charge on any atom is 0.320 e. The van der Waals surface area contributed by atoms with Crippen LogP contribution in [0.15, 0.2) is 12.1 Å². The van der Waals surface area contributed by atoms with Crippen molar-refractivity contribution in [3.63, 3.8) is 0 Å². The van der Waals surface area contributed by atoms with E-state index in [2.05, 4.69) is 17.9 Å². The lowest BCUT2D eigenvalue weighted by Crippen LogP contribution is -2.44. The number of carbonyl (C=O) groups is 1. The highest BCUT2D eigenvalue weighted by molar-refractivity contribution is 5.73. The third-order valence-electron chi connectivity index (χ3n) is 4.06. The van der Waals surface area contributed by atoms with Crippen LogP contribution >= 0.6 is 0 Å². The van der Waals surface area contributed by atoms with Gasteiger partial charge in [0.25, 0.3) is 0 Å². The molecule has 4 nitrogen and oxygen atoms in total. The van der Waals surface area contributed by atoms with Crippen LogP contribution in [0, 0.1) is 13.8 Å². The van der Waals surface area contributed by atoms with E-state index in [1.165, 1.54) is 0 Å². The number of benzene rings is 1. The molecule has 2 rings (SSSR count). The van der Waals surface area contributed by atoms with E-state index in [-0.39, 0.29) is 6.04 Å². The molecule has 0 radical (unpaired) electrons. The molecule has 1 aliphatic rings. The van der Waals surface area contributed by atoms with Crippen molar-refractivity contribution in [2.24, 2.45) is 0 Å². The molecule has 1 heterocycles. The van der Waals surface area contributed by atoms with Crippen LogP contribution in [0.5, 0.6) is 5.75 Å². The molecule has 1 fully saturated rings. The number of carboxylic acid groups (broad SMARTS) is 1. The first kappa shape index (κ1) is 14.9. The van der Waals surface area contributed by atoms with Gasteiger partial charge in [-0.1, -0.05) is 12.5 Å². The highest BCUT2D eigenvalue weighted by Crippen LogP contribution is 2.28. The largest absolute Gasteiger partial charge is 0.496 e. The van der Waals surface area contributed by atoms with Crippen molar-refractivity contribution in [1.82, 2.24) is 4.90 Å². The Morgan fingerprint density at radius 3 is 2.80 bits per heavy atom. The molecule has 1 aromatic rings. The fraction of sp³-hybridized carbons (Fsp3) is 0.562. The van der Waals surface area contributed by atoms with Crippen molar-refractivity contribution in [3.8, 4) is 5.75 Å². The summed E-state index contributed by atoms with van der Waals surface area (Å²) in [6, 6.07) is 3.77. The average Bonchev–Trinajstić information content (AvgIpc) is 2.41. The number of aliphatic carboxylic acids is 1. The first-order valence-corrected chi connectivity index (χ1v) is 7.14. The molecule has 1 saturated heterocycles. The van der Waals surface area contributed by atoms with Crippen molar-refractivity contribution in [2.75, 3.05) is 13.7 Å². The van der Waals surface area contributed by atoms with Crippen LogP contribution < -0.4 is 4.74 Å². The summed E-state index contributed by atoms with van der Waals surface area (Å²) in [5.74, 6) is 0.144. The third kappa shape index (κ3) is 3.12. The van der Waals surface area contributed by atoms with Gasteiger partial charge in [0.05, 0.1) is 7.11 Å². The first-order chi connectivity index (χ1) is 9.52. The zero-order chi connectivity index (χ0) is 14.7. The van der Waals surface area contributed by atoms with Gasteiger partial charge in [-0.15, -0.1) is 0 Å². The summed E-state index contributed by atoms with van der Waals surface area (Å²) < 4.78 is 5.47. The van der Waals surface area contributed by atoms with Gasteiger partial charge in [-0.25, -0.2) is 0 Å². The van der Waals surface area contributed by atoms with Crippen molar-refractivity contribution >= 4 is 5.97 Å². The normalized spacial score (nSPS) is 19.9. The summed E-state index contributed by atoms with van der Waals surface area (Å²) in [5.41, 5.74) is 3.43. The Labute approximate surface area is 120 Å². The summed E-state index contributed by atoms with van der Waals surface area (Å²) in [4.78, 5) is 13.4. The van der Waals surface area contributed by atoms with Crippen LogP contribution in [0.3, 0.4) is 0 Å². The fourth-order valence-corrected chi connectivity index (χ4v) is 3.01. The average molecular weight is 277 g/mol. The van der Waals surface area contributed by atoms with Gasteiger partial charge in [0, 0.05) is 12.1 Å². The molecule has 0 saturated carbocycles. The minimum absolute atomic E-state index is 0.367. The summed E-state index contributed by atoms with van der Waals surface area (Å²) in [7, 11) is 1.67. The van der Waals surface area contributed by atoms with Crippen molar-refractivity contribution in [1.29, 1.82) is 0 Å². The third-order valence-corrected chi connectivity index (χ3v) is 4.06. The monoisotopic (exact) mass is 277 g/mol. The molecule has 20 heavy (non-hydrogen) atoms. The zero-order valence-electron chi connectivity index (χ0n) is 12.5. The predicted octanol–water partition coefficient (Wildman–Crippen LogP) is 2.75. The number of hydrogen-bond donors (Lipinski definition) is 1. The topological polar surface area (TPSA) is 49.8 Å². The number of ether oxygens (including phenoxy) is 1. The quantitative estimate of drug-likeness (QED) is 0.919. The highest BCUT2D eigenvalue weighted by Gasteiger charge is 2.29. The van der Waals surface area contributed by atoms with E-state index < -0.39 is 5.97 Å². The van der Waals surface area contributed by atoms with Crippen LogP contribution in [0.4, 0.5) is 0 Å². The second-order valence-corrected chi connectivity index (χ2v) is 5.58. The number of aryl methyl sites for hydroxylation is 2. The number of carboxylic acids is 1. The van der Waals surface area contributed by atoms with Crippen molar-refractivity contribution in [2.45, 2.75) is 45.7 Å². The Kier molecular flexibility index (Phi) is 4.65. The van der Waals surface area contributed by atoms with Gasteiger partial charge in [0.1, 0.15) is 11.8 Å². The first-order valence-electron chi connectivity index (χ1n) is 7.14. The maximum atomic E-state index is 11.4. The molecule has 0 aromatic heterocycles. The van der Waals surface area contributed by atoms with Crippen LogP contribution in [0.25, 0.3) is 0 Å². The molecule has 4 heteroatoms. The Morgan fingerprint density at radius 1 is 1.40 bits per heavy atom. The summed E-state index contributed by atoms with van der Waals surface area (Å²) in [6.07, 6.45) is 2.80.